The van der Waals surface area contributed by atoms with Crippen molar-refractivity contribution in [1.82, 2.24) is 4.90 Å². The first-order valence-corrected chi connectivity index (χ1v) is 17.3. The Labute approximate surface area is 295 Å². The zero-order chi connectivity index (χ0) is 39.3. The molecule has 0 spiro atoms. The lowest BCUT2D eigenvalue weighted by Gasteiger charge is -2.41. The molecule has 0 aliphatic heterocycles. The van der Waals surface area contributed by atoms with E-state index in [2.05, 4.69) is 0 Å². The van der Waals surface area contributed by atoms with Crippen LogP contribution in [0, 0.1) is 23.7 Å². The Kier molecular flexibility index (Phi) is 14.9. The van der Waals surface area contributed by atoms with Gasteiger partial charge in [-0.15, -0.1) is 0 Å². The summed E-state index contributed by atoms with van der Waals surface area (Å²) in [6.45, 7) is 20.7. The van der Waals surface area contributed by atoms with E-state index in [1.165, 1.54) is 20.8 Å². The number of carbonyl (C=O) groups is 4. The fourth-order valence-corrected chi connectivity index (χ4v) is 5.19. The highest BCUT2D eigenvalue weighted by Crippen LogP contribution is 2.41. The molecule has 0 heterocycles. The number of aryl methyl sites for hydroxylation is 1. The van der Waals surface area contributed by atoms with E-state index < -0.39 is 95.0 Å². The number of benzene rings is 1. The first-order chi connectivity index (χ1) is 22.5. The molecule has 8 nitrogen and oxygen atoms in total. The number of aliphatic hydroxyl groups is 1. The molecule has 0 fully saturated rings. The van der Waals surface area contributed by atoms with Crippen molar-refractivity contribution >= 4 is 23.8 Å². The molecule has 4 unspecified atom stereocenters. The number of ether oxygens (including phenoxy) is 2. The van der Waals surface area contributed by atoms with Crippen LogP contribution < -0.4 is 0 Å². The first kappa shape index (κ1) is 45.0. The first-order valence-electron chi connectivity index (χ1n) is 17.3. The van der Waals surface area contributed by atoms with Crippen LogP contribution in [0.1, 0.15) is 138 Å². The van der Waals surface area contributed by atoms with E-state index in [0.29, 0.717) is 6.92 Å². The van der Waals surface area contributed by atoms with Crippen LogP contribution in [0.2, 0.25) is 0 Å². The van der Waals surface area contributed by atoms with Gasteiger partial charge in [0.15, 0.2) is 5.60 Å². The van der Waals surface area contributed by atoms with Crippen LogP contribution >= 0.6 is 0 Å². The summed E-state index contributed by atoms with van der Waals surface area (Å²) in [6.07, 6.45) is -9.06. The third kappa shape index (κ3) is 11.5. The summed E-state index contributed by atoms with van der Waals surface area (Å²) < 4.78 is 68.6. The molecule has 2 amide bonds. The maximum Gasteiger partial charge on any atom is 0.417 e. The zero-order valence-corrected chi connectivity index (χ0v) is 32.1. The Bertz CT molecular complexity index is 1330. The van der Waals surface area contributed by atoms with Crippen molar-refractivity contribution in [2.75, 3.05) is 0 Å². The van der Waals surface area contributed by atoms with Crippen molar-refractivity contribution in [3.63, 3.8) is 0 Å². The summed E-state index contributed by atoms with van der Waals surface area (Å²) in [5.74, 6) is -5.13. The highest BCUT2D eigenvalue weighted by atomic mass is 19.4. The Morgan fingerprint density at radius 1 is 0.820 bits per heavy atom. The second-order valence-corrected chi connectivity index (χ2v) is 16.2. The quantitative estimate of drug-likeness (QED) is 0.135. The van der Waals surface area contributed by atoms with Crippen LogP contribution in [0.15, 0.2) is 24.3 Å². The van der Waals surface area contributed by atoms with Gasteiger partial charge in [-0.3, -0.25) is 19.3 Å². The van der Waals surface area contributed by atoms with Gasteiger partial charge in [0.1, 0.15) is 11.7 Å². The summed E-state index contributed by atoms with van der Waals surface area (Å²) >= 11 is 0. The molecule has 0 aromatic heterocycles. The fraction of sp³-hybridized carbons (Fsp3) is 0.737. The van der Waals surface area contributed by atoms with E-state index in [-0.39, 0.29) is 24.8 Å². The van der Waals surface area contributed by atoms with E-state index in [0.717, 1.165) is 10.5 Å². The van der Waals surface area contributed by atoms with Gasteiger partial charge in [-0.05, 0) is 86.8 Å². The molecule has 286 valence electrons. The standard InChI is InChI=1S/C38H59F4NO7/c1-14-16-28(23-36(13,48)38(40,41)42)49-32(47)37(39,15-2)22-27(21-34(9,10)31(46)50-35(11,12)33(6,7)8)30(45)43(24(3)4)29(44)26-19-17-25(5)18-20-26/h17-20,24,27-28,48H,14-16,21-23H2,1-13H3. The lowest BCUT2D eigenvalue weighted by molar-refractivity contribution is -0.262. The average Bonchev–Trinajstić information content (AvgIpc) is 2.95. The summed E-state index contributed by atoms with van der Waals surface area (Å²) in [5, 5.41) is 10.1. The van der Waals surface area contributed by atoms with Crippen molar-refractivity contribution in [3.05, 3.63) is 35.4 Å². The van der Waals surface area contributed by atoms with Crippen LogP contribution in [0.5, 0.6) is 0 Å². The van der Waals surface area contributed by atoms with E-state index in [1.807, 2.05) is 27.7 Å². The van der Waals surface area contributed by atoms with Crippen LogP contribution in [-0.4, -0.2) is 69.0 Å². The summed E-state index contributed by atoms with van der Waals surface area (Å²) in [5.41, 5.74) is -7.89. The monoisotopic (exact) mass is 717 g/mol. The smallest absolute Gasteiger partial charge is 0.417 e. The number of amides is 2. The molecular weight excluding hydrogens is 658 g/mol. The lowest BCUT2D eigenvalue weighted by Crippen LogP contribution is -2.50. The summed E-state index contributed by atoms with van der Waals surface area (Å²) in [4.78, 5) is 56.3. The predicted molar refractivity (Wildman–Crippen MR) is 184 cm³/mol. The molecule has 1 aromatic rings. The van der Waals surface area contributed by atoms with Gasteiger partial charge in [0.25, 0.3) is 5.91 Å². The van der Waals surface area contributed by atoms with Crippen molar-refractivity contribution in [1.29, 1.82) is 0 Å². The van der Waals surface area contributed by atoms with Crippen molar-refractivity contribution in [3.8, 4) is 0 Å². The number of halogens is 4. The molecule has 1 aromatic carbocycles. The van der Waals surface area contributed by atoms with E-state index >= 15 is 4.39 Å². The van der Waals surface area contributed by atoms with Crippen molar-refractivity contribution in [2.24, 2.45) is 16.7 Å². The molecule has 1 N–H and O–H groups in total. The van der Waals surface area contributed by atoms with Crippen molar-refractivity contribution in [2.45, 2.75) is 164 Å². The fourth-order valence-electron chi connectivity index (χ4n) is 5.19. The molecule has 0 bridgehead atoms. The highest BCUT2D eigenvalue weighted by Gasteiger charge is 2.53. The summed E-state index contributed by atoms with van der Waals surface area (Å²) in [6, 6.07) is 5.80. The third-order valence-electron chi connectivity index (χ3n) is 9.70. The minimum Gasteiger partial charge on any atom is -0.460 e. The van der Waals surface area contributed by atoms with Crippen LogP contribution in [0.3, 0.4) is 0 Å². The molecule has 50 heavy (non-hydrogen) atoms. The Morgan fingerprint density at radius 3 is 1.76 bits per heavy atom. The molecular formula is C38H59F4NO7. The highest BCUT2D eigenvalue weighted by molar-refractivity contribution is 6.05. The van der Waals surface area contributed by atoms with E-state index in [9.17, 15) is 37.5 Å². The lowest BCUT2D eigenvalue weighted by atomic mass is 9.76. The van der Waals surface area contributed by atoms with Gasteiger partial charge in [0.2, 0.25) is 11.6 Å². The maximum atomic E-state index is 16.9. The average molecular weight is 718 g/mol. The third-order valence-corrected chi connectivity index (χ3v) is 9.70. The van der Waals surface area contributed by atoms with Gasteiger partial charge in [-0.25, -0.2) is 9.18 Å². The number of esters is 2. The number of carbonyl (C=O) groups excluding carboxylic acids is 4. The molecule has 12 heteroatoms. The second kappa shape index (κ2) is 16.5. The number of imide groups is 1. The number of rotatable bonds is 16. The second-order valence-electron chi connectivity index (χ2n) is 16.2. The van der Waals surface area contributed by atoms with Crippen molar-refractivity contribution < 1.29 is 51.3 Å². The van der Waals surface area contributed by atoms with Crippen LogP contribution in [0.4, 0.5) is 17.6 Å². The number of hydrogen-bond acceptors (Lipinski definition) is 7. The van der Waals surface area contributed by atoms with Gasteiger partial charge < -0.3 is 14.6 Å². The van der Waals surface area contributed by atoms with Crippen LogP contribution in [0.25, 0.3) is 0 Å². The van der Waals surface area contributed by atoms with E-state index in [1.54, 1.807) is 58.9 Å². The Balaban J connectivity index is 3.68. The van der Waals surface area contributed by atoms with Gasteiger partial charge in [0.05, 0.1) is 5.41 Å². The van der Waals surface area contributed by atoms with Gasteiger partial charge in [-0.1, -0.05) is 58.7 Å². The molecule has 0 radical (unpaired) electrons. The largest absolute Gasteiger partial charge is 0.460 e. The molecule has 0 saturated heterocycles. The van der Waals surface area contributed by atoms with E-state index in [4.69, 9.17) is 9.47 Å². The molecule has 0 saturated carbocycles. The predicted octanol–water partition coefficient (Wildman–Crippen LogP) is 8.70. The minimum absolute atomic E-state index is 0.0886. The summed E-state index contributed by atoms with van der Waals surface area (Å²) in [7, 11) is 0. The molecule has 0 aliphatic rings. The van der Waals surface area contributed by atoms with Gasteiger partial charge >= 0.3 is 18.1 Å². The SMILES string of the molecule is CCCC(CC(C)(O)C(F)(F)F)OC(=O)C(F)(CC)CC(CC(C)(C)C(=O)OC(C)(C)C(C)(C)C)C(=O)N(C(=O)c1ccc(C)cc1)C(C)C. The van der Waals surface area contributed by atoms with Gasteiger partial charge in [0, 0.05) is 35.8 Å². The molecule has 0 aliphatic carbocycles. The number of hydrogen-bond donors (Lipinski definition) is 1. The molecule has 4 atom stereocenters. The maximum absolute atomic E-state index is 16.9. The minimum atomic E-state index is -5.04. The topological polar surface area (TPSA) is 110 Å². The Hall–Kier alpha value is -3.02. The van der Waals surface area contributed by atoms with Crippen LogP contribution in [-0.2, 0) is 23.9 Å². The molecule has 1 rings (SSSR count). The Morgan fingerprint density at radius 2 is 1.34 bits per heavy atom. The zero-order valence-electron chi connectivity index (χ0n) is 32.1. The normalized spacial score (nSPS) is 16.5. The van der Waals surface area contributed by atoms with Gasteiger partial charge in [-0.2, -0.15) is 13.2 Å². The number of alkyl halides is 4. The number of nitrogens with zero attached hydrogens (tertiary/aromatic N) is 1.